The van der Waals surface area contributed by atoms with Crippen molar-refractivity contribution in [2.24, 2.45) is 5.92 Å². The molecule has 3 aromatic heterocycles. The van der Waals surface area contributed by atoms with Gasteiger partial charge in [-0.15, -0.1) is 22.7 Å². The van der Waals surface area contributed by atoms with Crippen molar-refractivity contribution in [1.82, 2.24) is 9.97 Å². The van der Waals surface area contributed by atoms with Crippen LogP contribution in [0.15, 0.2) is 54.9 Å². The quantitative estimate of drug-likeness (QED) is 0.245. The summed E-state index contributed by atoms with van der Waals surface area (Å²) in [5.74, 6) is 0.666. The number of hydrogen-bond donors (Lipinski definition) is 0. The van der Waals surface area contributed by atoms with Crippen molar-refractivity contribution >= 4 is 63.8 Å². The average molecular weight is 495 g/mol. The molecule has 6 aromatic rings. The van der Waals surface area contributed by atoms with Gasteiger partial charge in [-0.3, -0.25) is 0 Å². The minimum Gasteiger partial charge on any atom is -0.235 e. The minimum atomic E-state index is 0.0392. The van der Waals surface area contributed by atoms with Gasteiger partial charge in [0.25, 0.3) is 0 Å². The van der Waals surface area contributed by atoms with E-state index in [2.05, 4.69) is 90.1 Å². The van der Waals surface area contributed by atoms with E-state index in [0.29, 0.717) is 5.92 Å². The van der Waals surface area contributed by atoms with E-state index in [1.165, 1.54) is 57.2 Å². The summed E-state index contributed by atoms with van der Waals surface area (Å²) in [6, 6.07) is 18.1. The number of thiophene rings is 2. The summed E-state index contributed by atoms with van der Waals surface area (Å²) in [6.45, 7) is 13.7. The average Bonchev–Trinajstić information content (AvgIpc) is 3.32. The summed E-state index contributed by atoms with van der Waals surface area (Å²) < 4.78 is 3.85. The number of aromatic nitrogens is 2. The van der Waals surface area contributed by atoms with Gasteiger partial charge in [-0.25, -0.2) is 9.97 Å². The van der Waals surface area contributed by atoms with E-state index >= 15 is 0 Å². The molecule has 0 saturated heterocycles. The Morgan fingerprint density at radius 2 is 1.63 bits per heavy atom. The molecule has 0 saturated carbocycles. The predicted molar refractivity (Wildman–Crippen MR) is 155 cm³/mol. The third-order valence-electron chi connectivity index (χ3n) is 6.95. The molecule has 0 bridgehead atoms. The van der Waals surface area contributed by atoms with E-state index in [1.54, 1.807) is 6.33 Å². The van der Waals surface area contributed by atoms with Gasteiger partial charge >= 0.3 is 0 Å². The van der Waals surface area contributed by atoms with Crippen LogP contribution in [-0.2, 0) is 11.8 Å². The van der Waals surface area contributed by atoms with Crippen molar-refractivity contribution in [1.29, 1.82) is 0 Å². The van der Waals surface area contributed by atoms with Gasteiger partial charge in [-0.05, 0) is 76.2 Å². The monoisotopic (exact) mass is 494 g/mol. The molecule has 0 amide bonds. The first-order valence-electron chi connectivity index (χ1n) is 12.3. The van der Waals surface area contributed by atoms with Crippen molar-refractivity contribution in [3.8, 4) is 11.3 Å². The van der Waals surface area contributed by atoms with Gasteiger partial charge in [0.05, 0.1) is 15.9 Å². The molecule has 0 aliphatic carbocycles. The molecule has 0 fully saturated rings. The maximum absolute atomic E-state index is 4.83. The minimum absolute atomic E-state index is 0.0392. The summed E-state index contributed by atoms with van der Waals surface area (Å²) in [4.78, 5) is 11.1. The van der Waals surface area contributed by atoms with Crippen molar-refractivity contribution in [2.45, 2.75) is 53.4 Å². The maximum atomic E-state index is 4.83. The van der Waals surface area contributed by atoms with Crippen LogP contribution in [0.2, 0.25) is 0 Å². The molecule has 0 atom stereocenters. The highest BCUT2D eigenvalue weighted by molar-refractivity contribution is 7.26. The standard InChI is InChI=1S/C31H30N2S2/c1-17(2)11-25-18(3)22-14-23-27(15-26(22)34-25)35-30-28(32-16-33-29(23)30)20-12-19-9-7-8-10-21(19)24(13-20)31(4,5)6/h7-10,12-17H,11H2,1-6H3. The zero-order chi connectivity index (χ0) is 24.5. The Balaban J connectivity index is 1.60. The topological polar surface area (TPSA) is 25.8 Å². The molecule has 3 aromatic carbocycles. The summed E-state index contributed by atoms with van der Waals surface area (Å²) in [5.41, 5.74) is 6.10. The van der Waals surface area contributed by atoms with E-state index in [4.69, 9.17) is 9.97 Å². The smallest absolute Gasteiger partial charge is 0.116 e. The molecular weight excluding hydrogens is 464 g/mol. The van der Waals surface area contributed by atoms with E-state index in [1.807, 2.05) is 22.7 Å². The number of aryl methyl sites for hydroxylation is 1. The molecular formula is C31H30N2S2. The van der Waals surface area contributed by atoms with Crippen LogP contribution >= 0.6 is 22.7 Å². The predicted octanol–water partition coefficient (Wildman–Crippen LogP) is 9.68. The second-order valence-electron chi connectivity index (χ2n) is 11.1. The molecule has 0 unspecified atom stereocenters. The molecule has 4 heteroatoms. The molecule has 0 spiro atoms. The van der Waals surface area contributed by atoms with Gasteiger partial charge in [0.2, 0.25) is 0 Å². The van der Waals surface area contributed by atoms with Gasteiger partial charge in [-0.2, -0.15) is 0 Å². The van der Waals surface area contributed by atoms with Crippen LogP contribution in [0.3, 0.4) is 0 Å². The van der Waals surface area contributed by atoms with Crippen LogP contribution in [0.4, 0.5) is 0 Å². The highest BCUT2D eigenvalue weighted by atomic mass is 32.1. The molecule has 3 heterocycles. The summed E-state index contributed by atoms with van der Waals surface area (Å²) >= 11 is 3.78. The van der Waals surface area contributed by atoms with Gasteiger partial charge in [-0.1, -0.05) is 58.9 Å². The van der Waals surface area contributed by atoms with Crippen LogP contribution in [0.1, 0.15) is 50.6 Å². The van der Waals surface area contributed by atoms with Gasteiger partial charge < -0.3 is 0 Å². The lowest BCUT2D eigenvalue weighted by molar-refractivity contribution is 0.596. The first kappa shape index (κ1) is 22.6. The molecule has 0 aliphatic rings. The zero-order valence-electron chi connectivity index (χ0n) is 21.2. The Hall–Kier alpha value is -2.82. The lowest BCUT2D eigenvalue weighted by Crippen LogP contribution is -2.12. The fourth-order valence-electron chi connectivity index (χ4n) is 5.18. The Morgan fingerprint density at radius 1 is 0.857 bits per heavy atom. The summed E-state index contributed by atoms with van der Waals surface area (Å²) in [5, 5.41) is 5.20. The number of hydrogen-bond acceptors (Lipinski definition) is 4. The lowest BCUT2D eigenvalue weighted by atomic mass is 9.82. The van der Waals surface area contributed by atoms with E-state index < -0.39 is 0 Å². The fraction of sp³-hybridized carbons (Fsp3) is 0.290. The molecule has 0 N–H and O–H groups in total. The molecule has 2 nitrogen and oxygen atoms in total. The van der Waals surface area contributed by atoms with E-state index in [0.717, 1.165) is 17.6 Å². The first-order chi connectivity index (χ1) is 16.7. The number of rotatable bonds is 3. The second kappa shape index (κ2) is 8.11. The molecule has 176 valence electrons. The molecule has 35 heavy (non-hydrogen) atoms. The highest BCUT2D eigenvalue weighted by Crippen LogP contribution is 2.43. The molecule has 6 rings (SSSR count). The van der Waals surface area contributed by atoms with Crippen LogP contribution in [0.5, 0.6) is 0 Å². The summed E-state index contributed by atoms with van der Waals surface area (Å²) in [7, 11) is 0. The van der Waals surface area contributed by atoms with E-state index in [9.17, 15) is 0 Å². The Bertz CT molecular complexity index is 1750. The fourth-order valence-corrected chi connectivity index (χ4v) is 7.89. The van der Waals surface area contributed by atoms with Crippen LogP contribution in [0, 0.1) is 12.8 Å². The van der Waals surface area contributed by atoms with E-state index in [-0.39, 0.29) is 5.41 Å². The molecule has 0 aliphatic heterocycles. The second-order valence-corrected chi connectivity index (χ2v) is 13.3. The first-order valence-corrected chi connectivity index (χ1v) is 14.0. The van der Waals surface area contributed by atoms with Crippen molar-refractivity contribution in [3.05, 3.63) is 70.9 Å². The van der Waals surface area contributed by atoms with Gasteiger partial charge in [0, 0.05) is 25.2 Å². The number of benzene rings is 3. The number of nitrogens with zero attached hydrogens (tertiary/aromatic N) is 2. The highest BCUT2D eigenvalue weighted by Gasteiger charge is 2.21. The van der Waals surface area contributed by atoms with Crippen LogP contribution < -0.4 is 0 Å². The van der Waals surface area contributed by atoms with Crippen molar-refractivity contribution in [3.63, 3.8) is 0 Å². The van der Waals surface area contributed by atoms with Crippen LogP contribution in [0.25, 0.3) is 52.4 Å². The van der Waals surface area contributed by atoms with Gasteiger partial charge in [0.1, 0.15) is 6.33 Å². The third-order valence-corrected chi connectivity index (χ3v) is 9.37. The zero-order valence-corrected chi connectivity index (χ0v) is 22.8. The largest absolute Gasteiger partial charge is 0.235 e. The summed E-state index contributed by atoms with van der Waals surface area (Å²) in [6.07, 6.45) is 2.88. The third kappa shape index (κ3) is 3.75. The SMILES string of the molecule is Cc1c(CC(C)C)sc2cc3sc4c(-c5cc(C(C)(C)C)c6ccccc6c5)ncnc4c3cc12. The van der Waals surface area contributed by atoms with Crippen LogP contribution in [-0.4, -0.2) is 9.97 Å². The lowest BCUT2D eigenvalue weighted by Gasteiger charge is -2.22. The molecule has 0 radical (unpaired) electrons. The normalized spacial score (nSPS) is 12.7. The Kier molecular flexibility index (Phi) is 5.24. The Labute approximate surface area is 214 Å². The van der Waals surface area contributed by atoms with Crippen molar-refractivity contribution < 1.29 is 0 Å². The number of fused-ring (bicyclic) bond motifs is 5. The Morgan fingerprint density at radius 3 is 2.40 bits per heavy atom. The van der Waals surface area contributed by atoms with Gasteiger partial charge in [0.15, 0.2) is 0 Å². The van der Waals surface area contributed by atoms with Crippen molar-refractivity contribution in [2.75, 3.05) is 0 Å². The maximum Gasteiger partial charge on any atom is 0.116 e.